The van der Waals surface area contributed by atoms with Crippen molar-refractivity contribution in [1.29, 1.82) is 0 Å². The summed E-state index contributed by atoms with van der Waals surface area (Å²) < 4.78 is 1.83. The van der Waals surface area contributed by atoms with Crippen LogP contribution in [-0.4, -0.2) is 33.3 Å². The van der Waals surface area contributed by atoms with Crippen molar-refractivity contribution in [1.82, 2.24) is 25.5 Å². The number of halogens is 1. The molecule has 114 valence electrons. The van der Waals surface area contributed by atoms with Gasteiger partial charge in [-0.25, -0.2) is 4.68 Å². The van der Waals surface area contributed by atoms with Crippen molar-refractivity contribution < 1.29 is 0 Å². The van der Waals surface area contributed by atoms with Crippen LogP contribution in [0.3, 0.4) is 0 Å². The maximum atomic E-state index is 6.25. The van der Waals surface area contributed by atoms with Crippen LogP contribution in [0.25, 0.3) is 0 Å². The van der Waals surface area contributed by atoms with E-state index in [0.29, 0.717) is 0 Å². The largest absolute Gasteiger partial charge is 0.315 e. The van der Waals surface area contributed by atoms with Crippen LogP contribution in [0, 0.1) is 6.92 Å². The molecule has 7 heteroatoms. The molecule has 0 spiro atoms. The fourth-order valence-electron chi connectivity index (χ4n) is 1.84. The molecule has 2 rings (SSSR count). The first-order chi connectivity index (χ1) is 10.2. The quantitative estimate of drug-likeness (QED) is 0.597. The van der Waals surface area contributed by atoms with Crippen molar-refractivity contribution in [3.63, 3.8) is 0 Å². The van der Waals surface area contributed by atoms with E-state index in [2.05, 4.69) is 39.9 Å². The first kappa shape index (κ1) is 16.3. The number of tetrazole rings is 1. The highest BCUT2D eigenvalue weighted by Gasteiger charge is 2.08. The molecular weight excluding hydrogens is 306 g/mol. The summed E-state index contributed by atoms with van der Waals surface area (Å²) in [6, 6.07) is 6.11. The summed E-state index contributed by atoms with van der Waals surface area (Å²) in [6.45, 7) is 6.85. The third-order valence-corrected chi connectivity index (χ3v) is 4.35. The minimum Gasteiger partial charge on any atom is -0.315 e. The number of hydrogen-bond donors (Lipinski definition) is 1. The first-order valence-corrected chi connectivity index (χ1v) is 8.41. The molecule has 0 aliphatic rings. The third kappa shape index (κ3) is 4.98. The zero-order valence-corrected chi connectivity index (χ0v) is 13.9. The number of hydrogen-bond acceptors (Lipinski definition) is 5. The van der Waals surface area contributed by atoms with Gasteiger partial charge in [0.15, 0.2) is 0 Å². The summed E-state index contributed by atoms with van der Waals surface area (Å²) in [5, 5.41) is 16.8. The van der Waals surface area contributed by atoms with E-state index in [1.807, 2.05) is 17.7 Å². The Balaban J connectivity index is 1.90. The Morgan fingerprint density at radius 1 is 1.33 bits per heavy atom. The fourth-order valence-corrected chi connectivity index (χ4v) is 3.13. The van der Waals surface area contributed by atoms with Gasteiger partial charge >= 0.3 is 0 Å². The second kappa shape index (κ2) is 8.36. The molecule has 0 fully saturated rings. The fraction of sp³-hybridized carbons (Fsp3) is 0.500. The number of thioether (sulfide) groups is 1. The van der Waals surface area contributed by atoms with E-state index in [0.717, 1.165) is 47.6 Å². The highest BCUT2D eigenvalue weighted by molar-refractivity contribution is 7.98. The number of benzene rings is 1. The lowest BCUT2D eigenvalue weighted by atomic mass is 10.2. The SMILES string of the molecule is CCCNCCn1nnnc1SCc1ccc(C)cc1Cl. The van der Waals surface area contributed by atoms with Crippen LogP contribution in [0.15, 0.2) is 23.4 Å². The maximum absolute atomic E-state index is 6.25. The summed E-state index contributed by atoms with van der Waals surface area (Å²) in [5.74, 6) is 0.766. The molecule has 0 aliphatic heterocycles. The molecule has 1 aromatic carbocycles. The smallest absolute Gasteiger partial charge is 0.209 e. The number of aryl methyl sites for hydroxylation is 1. The molecule has 0 bridgehead atoms. The molecule has 5 nitrogen and oxygen atoms in total. The lowest BCUT2D eigenvalue weighted by Crippen LogP contribution is -2.21. The molecule has 21 heavy (non-hydrogen) atoms. The van der Waals surface area contributed by atoms with Gasteiger partial charge in [-0.05, 0) is 47.5 Å². The van der Waals surface area contributed by atoms with Gasteiger partial charge in [-0.1, -0.05) is 42.4 Å². The van der Waals surface area contributed by atoms with E-state index in [1.165, 1.54) is 5.56 Å². The van der Waals surface area contributed by atoms with Crippen LogP contribution in [0.2, 0.25) is 5.02 Å². The summed E-state index contributed by atoms with van der Waals surface area (Å²) in [7, 11) is 0. The van der Waals surface area contributed by atoms with Crippen LogP contribution in [-0.2, 0) is 12.3 Å². The minimum atomic E-state index is 0.766. The lowest BCUT2D eigenvalue weighted by Gasteiger charge is -2.07. The topological polar surface area (TPSA) is 55.6 Å². The lowest BCUT2D eigenvalue weighted by molar-refractivity contribution is 0.510. The number of aromatic nitrogens is 4. The van der Waals surface area contributed by atoms with Crippen LogP contribution in [0.1, 0.15) is 24.5 Å². The molecule has 1 N–H and O–H groups in total. The normalized spacial score (nSPS) is 11.0. The monoisotopic (exact) mass is 325 g/mol. The standard InChI is InChI=1S/C14H20ClN5S/c1-3-6-16-7-8-20-14(17-18-19-20)21-10-12-5-4-11(2)9-13(12)15/h4-5,9,16H,3,6-8,10H2,1-2H3. The van der Waals surface area contributed by atoms with Crippen molar-refractivity contribution in [2.75, 3.05) is 13.1 Å². The van der Waals surface area contributed by atoms with Gasteiger partial charge in [0.1, 0.15) is 0 Å². The van der Waals surface area contributed by atoms with Crippen LogP contribution in [0.4, 0.5) is 0 Å². The molecule has 0 saturated carbocycles. The van der Waals surface area contributed by atoms with Crippen LogP contribution >= 0.6 is 23.4 Å². The molecule has 0 radical (unpaired) electrons. The molecule has 0 saturated heterocycles. The molecule has 0 amide bonds. The first-order valence-electron chi connectivity index (χ1n) is 7.05. The van der Waals surface area contributed by atoms with Gasteiger partial charge in [-0.3, -0.25) is 0 Å². The molecular formula is C14H20ClN5S. The van der Waals surface area contributed by atoms with Gasteiger partial charge in [0.2, 0.25) is 5.16 Å². The summed E-state index contributed by atoms with van der Waals surface area (Å²) in [4.78, 5) is 0. The van der Waals surface area contributed by atoms with E-state index >= 15 is 0 Å². The van der Waals surface area contributed by atoms with E-state index in [9.17, 15) is 0 Å². The summed E-state index contributed by atoms with van der Waals surface area (Å²) in [5.41, 5.74) is 2.27. The average molecular weight is 326 g/mol. The van der Waals surface area contributed by atoms with Gasteiger partial charge in [0, 0.05) is 17.3 Å². The summed E-state index contributed by atoms with van der Waals surface area (Å²) >= 11 is 7.85. The number of nitrogens with zero attached hydrogens (tertiary/aromatic N) is 4. The average Bonchev–Trinajstić information content (AvgIpc) is 2.90. The number of nitrogens with one attached hydrogen (secondary N) is 1. The van der Waals surface area contributed by atoms with Crippen molar-refractivity contribution in [3.8, 4) is 0 Å². The van der Waals surface area contributed by atoms with Crippen molar-refractivity contribution in [2.45, 2.75) is 37.7 Å². The van der Waals surface area contributed by atoms with Gasteiger partial charge < -0.3 is 5.32 Å². The minimum absolute atomic E-state index is 0.766. The Bertz CT molecular complexity index is 572. The van der Waals surface area contributed by atoms with E-state index in [-0.39, 0.29) is 0 Å². The predicted octanol–water partition coefficient (Wildman–Crippen LogP) is 2.93. The Morgan fingerprint density at radius 3 is 2.95 bits per heavy atom. The second-order valence-electron chi connectivity index (χ2n) is 4.82. The number of rotatable bonds is 8. The Morgan fingerprint density at radius 2 is 2.19 bits per heavy atom. The van der Waals surface area contributed by atoms with Crippen molar-refractivity contribution >= 4 is 23.4 Å². The second-order valence-corrected chi connectivity index (χ2v) is 6.17. The van der Waals surface area contributed by atoms with Crippen molar-refractivity contribution in [2.24, 2.45) is 0 Å². The van der Waals surface area contributed by atoms with E-state index < -0.39 is 0 Å². The maximum Gasteiger partial charge on any atom is 0.209 e. The zero-order chi connectivity index (χ0) is 15.1. The van der Waals surface area contributed by atoms with E-state index in [4.69, 9.17) is 11.6 Å². The molecule has 0 aliphatic carbocycles. The van der Waals surface area contributed by atoms with Gasteiger partial charge in [-0.15, -0.1) is 5.10 Å². The van der Waals surface area contributed by atoms with Crippen LogP contribution in [0.5, 0.6) is 0 Å². The van der Waals surface area contributed by atoms with Gasteiger partial charge in [-0.2, -0.15) is 0 Å². The van der Waals surface area contributed by atoms with Gasteiger partial charge in [0.25, 0.3) is 0 Å². The highest BCUT2D eigenvalue weighted by Crippen LogP contribution is 2.25. The molecule has 2 aromatic rings. The zero-order valence-electron chi connectivity index (χ0n) is 12.3. The molecule has 0 unspecified atom stereocenters. The van der Waals surface area contributed by atoms with E-state index in [1.54, 1.807) is 11.8 Å². The predicted molar refractivity (Wildman–Crippen MR) is 86.7 cm³/mol. The Hall–Kier alpha value is -1.11. The summed E-state index contributed by atoms with van der Waals surface area (Å²) in [6.07, 6.45) is 1.13. The van der Waals surface area contributed by atoms with Crippen LogP contribution < -0.4 is 5.32 Å². The third-order valence-electron chi connectivity index (χ3n) is 2.99. The van der Waals surface area contributed by atoms with Crippen molar-refractivity contribution in [3.05, 3.63) is 34.3 Å². The highest BCUT2D eigenvalue weighted by atomic mass is 35.5. The Labute approximate surface area is 134 Å². The Kier molecular flexibility index (Phi) is 6.48. The molecule has 1 aromatic heterocycles. The molecule has 1 heterocycles. The molecule has 0 atom stereocenters. The van der Waals surface area contributed by atoms with Gasteiger partial charge in [0.05, 0.1) is 6.54 Å².